The van der Waals surface area contributed by atoms with E-state index < -0.39 is 0 Å². The normalized spacial score (nSPS) is 10.4. The lowest BCUT2D eigenvalue weighted by atomic mass is 10.2. The minimum atomic E-state index is -0.0271. The van der Waals surface area contributed by atoms with E-state index in [1.54, 1.807) is 11.5 Å². The topological polar surface area (TPSA) is 34.9 Å². The van der Waals surface area contributed by atoms with Crippen LogP contribution in [0.25, 0.3) is 11.0 Å². The maximum atomic E-state index is 12.0. The number of unbranched alkanes of at least 4 members (excludes halogenated alkanes) is 1. The number of hydrogen-bond acceptors (Lipinski definition) is 2. The molecule has 0 aliphatic rings. The monoisotopic (exact) mass is 226 g/mol. The molecule has 0 saturated heterocycles. The third-order valence-corrected chi connectivity index (χ3v) is 2.72. The summed E-state index contributed by atoms with van der Waals surface area (Å²) in [5, 5.41) is 0. The Hall–Kier alpha value is -2.08. The number of aryl methyl sites for hydroxylation is 2. The summed E-state index contributed by atoms with van der Waals surface area (Å²) >= 11 is 0. The van der Waals surface area contributed by atoms with Gasteiger partial charge >= 0.3 is 0 Å². The molecule has 0 N–H and O–H groups in total. The first kappa shape index (κ1) is 11.4. The van der Waals surface area contributed by atoms with Crippen molar-refractivity contribution in [2.45, 2.75) is 26.3 Å². The van der Waals surface area contributed by atoms with Gasteiger partial charge in [-0.1, -0.05) is 12.1 Å². The molecule has 0 fully saturated rings. The van der Waals surface area contributed by atoms with Crippen molar-refractivity contribution in [2.75, 3.05) is 0 Å². The van der Waals surface area contributed by atoms with Gasteiger partial charge in [-0.05, 0) is 25.5 Å². The van der Waals surface area contributed by atoms with Crippen LogP contribution in [0.1, 0.15) is 18.5 Å². The molecule has 2 aromatic rings. The first-order valence-corrected chi connectivity index (χ1v) is 5.63. The average molecular weight is 226 g/mol. The highest BCUT2D eigenvalue weighted by Gasteiger charge is 2.06. The smallest absolute Gasteiger partial charge is 0.272 e. The molecule has 0 atom stereocenters. The Kier molecular flexibility index (Phi) is 3.24. The minimum absolute atomic E-state index is 0.0271. The summed E-state index contributed by atoms with van der Waals surface area (Å²) in [7, 11) is 0. The zero-order valence-electron chi connectivity index (χ0n) is 9.81. The molecule has 0 amide bonds. The van der Waals surface area contributed by atoms with Gasteiger partial charge in [0.05, 0.1) is 11.0 Å². The number of benzene rings is 1. The molecule has 0 spiro atoms. The van der Waals surface area contributed by atoms with Crippen LogP contribution >= 0.6 is 0 Å². The predicted molar refractivity (Wildman–Crippen MR) is 68.8 cm³/mol. The highest BCUT2D eigenvalue weighted by atomic mass is 16.1. The van der Waals surface area contributed by atoms with Crippen LogP contribution in [0.4, 0.5) is 0 Å². The zero-order chi connectivity index (χ0) is 12.3. The lowest BCUT2D eigenvalue weighted by Gasteiger charge is -2.09. The molecule has 1 heterocycles. The molecule has 0 aliphatic carbocycles. The number of para-hydroxylation sites is 2. The van der Waals surface area contributed by atoms with Crippen LogP contribution in [0.3, 0.4) is 0 Å². The second-order valence-electron chi connectivity index (χ2n) is 3.95. The van der Waals surface area contributed by atoms with E-state index in [0.29, 0.717) is 18.7 Å². The van der Waals surface area contributed by atoms with Crippen LogP contribution in [0.2, 0.25) is 0 Å². The van der Waals surface area contributed by atoms with Crippen molar-refractivity contribution in [1.29, 1.82) is 0 Å². The highest BCUT2D eigenvalue weighted by Crippen LogP contribution is 2.10. The number of fused-ring (bicyclic) bond motifs is 1. The van der Waals surface area contributed by atoms with Crippen molar-refractivity contribution < 1.29 is 0 Å². The lowest BCUT2D eigenvalue weighted by Crippen LogP contribution is -2.24. The molecule has 86 valence electrons. The molecule has 3 nitrogen and oxygen atoms in total. The number of nitrogens with zero attached hydrogens (tertiary/aromatic N) is 2. The summed E-state index contributed by atoms with van der Waals surface area (Å²) < 4.78 is 1.76. The Labute approximate surface area is 100 Å². The van der Waals surface area contributed by atoms with E-state index in [1.807, 2.05) is 24.3 Å². The third kappa shape index (κ3) is 2.21. The van der Waals surface area contributed by atoms with Crippen molar-refractivity contribution in [2.24, 2.45) is 0 Å². The highest BCUT2D eigenvalue weighted by molar-refractivity contribution is 5.74. The van der Waals surface area contributed by atoms with Crippen molar-refractivity contribution in [3.05, 3.63) is 40.3 Å². The van der Waals surface area contributed by atoms with Crippen molar-refractivity contribution in [1.82, 2.24) is 9.55 Å². The van der Waals surface area contributed by atoms with Gasteiger partial charge in [-0.15, -0.1) is 12.3 Å². The van der Waals surface area contributed by atoms with Crippen molar-refractivity contribution >= 4 is 11.0 Å². The first-order valence-electron chi connectivity index (χ1n) is 5.63. The van der Waals surface area contributed by atoms with Crippen molar-refractivity contribution in [3.8, 4) is 12.3 Å². The van der Waals surface area contributed by atoms with Crippen LogP contribution in [0, 0.1) is 19.3 Å². The minimum Gasteiger partial charge on any atom is -0.305 e. The second kappa shape index (κ2) is 4.84. The Morgan fingerprint density at radius 1 is 1.41 bits per heavy atom. The molecule has 0 radical (unpaired) electrons. The zero-order valence-corrected chi connectivity index (χ0v) is 9.81. The second-order valence-corrected chi connectivity index (χ2v) is 3.95. The Morgan fingerprint density at radius 3 is 2.94 bits per heavy atom. The van der Waals surface area contributed by atoms with Gasteiger partial charge in [0, 0.05) is 13.0 Å². The molecule has 1 aromatic heterocycles. The molecule has 2 rings (SSSR count). The quantitative estimate of drug-likeness (QED) is 0.593. The van der Waals surface area contributed by atoms with Crippen LogP contribution in [0.15, 0.2) is 29.1 Å². The fraction of sp³-hybridized carbons (Fsp3) is 0.286. The predicted octanol–water partition coefficient (Wildman–Crippen LogP) is 2.12. The average Bonchev–Trinajstić information content (AvgIpc) is 2.34. The molecule has 0 aliphatic heterocycles. The van der Waals surface area contributed by atoms with Crippen molar-refractivity contribution in [3.63, 3.8) is 0 Å². The van der Waals surface area contributed by atoms with Gasteiger partial charge in [-0.25, -0.2) is 4.98 Å². The molecule has 0 unspecified atom stereocenters. The summed E-state index contributed by atoms with van der Waals surface area (Å²) in [6.45, 7) is 2.39. The molecule has 1 aromatic carbocycles. The molecular weight excluding hydrogens is 212 g/mol. The Bertz CT molecular complexity index is 635. The van der Waals surface area contributed by atoms with E-state index >= 15 is 0 Å². The Morgan fingerprint density at radius 2 is 2.18 bits per heavy atom. The number of terminal acetylenes is 1. The number of hydrogen-bond donors (Lipinski definition) is 0. The van der Waals surface area contributed by atoms with Gasteiger partial charge < -0.3 is 4.57 Å². The van der Waals surface area contributed by atoms with Crippen LogP contribution in [-0.2, 0) is 6.54 Å². The van der Waals surface area contributed by atoms with Gasteiger partial charge in [0.25, 0.3) is 5.56 Å². The largest absolute Gasteiger partial charge is 0.305 e. The SMILES string of the molecule is C#CCCCn1c(=O)c(C)nc2ccccc21. The van der Waals surface area contributed by atoms with E-state index in [9.17, 15) is 4.79 Å². The summed E-state index contributed by atoms with van der Waals surface area (Å²) in [5.41, 5.74) is 2.23. The summed E-state index contributed by atoms with van der Waals surface area (Å²) in [6, 6.07) is 7.67. The van der Waals surface area contributed by atoms with Gasteiger partial charge in [-0.2, -0.15) is 0 Å². The molecule has 0 bridgehead atoms. The number of rotatable bonds is 3. The maximum Gasteiger partial charge on any atom is 0.272 e. The standard InChI is InChI=1S/C14H14N2O/c1-3-4-7-10-16-13-9-6-5-8-12(13)15-11(2)14(16)17/h1,5-6,8-9H,4,7,10H2,2H3. The van der Waals surface area contributed by atoms with E-state index in [0.717, 1.165) is 17.5 Å². The van der Waals surface area contributed by atoms with Gasteiger partial charge in [0.2, 0.25) is 0 Å². The van der Waals surface area contributed by atoms with Gasteiger partial charge in [0.1, 0.15) is 5.69 Å². The van der Waals surface area contributed by atoms with Gasteiger partial charge in [0.15, 0.2) is 0 Å². The van der Waals surface area contributed by atoms with E-state index in [1.165, 1.54) is 0 Å². The lowest BCUT2D eigenvalue weighted by molar-refractivity contribution is 0.648. The summed E-state index contributed by atoms with van der Waals surface area (Å²) in [5.74, 6) is 2.59. The van der Waals surface area contributed by atoms with Gasteiger partial charge in [-0.3, -0.25) is 4.79 Å². The molecule has 3 heteroatoms. The first-order chi connectivity index (χ1) is 8.24. The number of aromatic nitrogens is 2. The molecule has 0 saturated carbocycles. The summed E-state index contributed by atoms with van der Waals surface area (Å²) in [6.07, 6.45) is 6.72. The third-order valence-electron chi connectivity index (χ3n) is 2.72. The van der Waals surface area contributed by atoms with Crippen LogP contribution < -0.4 is 5.56 Å². The fourth-order valence-corrected chi connectivity index (χ4v) is 1.88. The summed E-state index contributed by atoms with van der Waals surface area (Å²) in [4.78, 5) is 16.3. The Balaban J connectivity index is 2.55. The van der Waals surface area contributed by atoms with E-state index in [2.05, 4.69) is 10.9 Å². The van der Waals surface area contributed by atoms with E-state index in [4.69, 9.17) is 6.42 Å². The van der Waals surface area contributed by atoms with Crippen LogP contribution in [0.5, 0.6) is 0 Å². The maximum absolute atomic E-state index is 12.0. The fourth-order valence-electron chi connectivity index (χ4n) is 1.88. The van der Waals surface area contributed by atoms with Crippen LogP contribution in [-0.4, -0.2) is 9.55 Å². The van der Waals surface area contributed by atoms with E-state index in [-0.39, 0.29) is 5.56 Å². The molecular formula is C14H14N2O. The molecule has 17 heavy (non-hydrogen) atoms.